The molecular weight excluding hydrogens is 476 g/mol. The van der Waals surface area contributed by atoms with Gasteiger partial charge in [-0.05, 0) is 75.6 Å². The lowest BCUT2D eigenvalue weighted by molar-refractivity contribution is -0.139. The molecule has 1 spiro atoms. The molecule has 36 heavy (non-hydrogen) atoms. The molecule has 2 N–H and O–H groups in total. The first-order valence-corrected chi connectivity index (χ1v) is 13.6. The summed E-state index contributed by atoms with van der Waals surface area (Å²) in [5, 5.41) is 13.3. The Morgan fingerprint density at radius 1 is 1.14 bits per heavy atom. The topological polar surface area (TPSA) is 85.8 Å². The molecule has 1 atom stereocenters. The first kappa shape index (κ1) is 25.0. The van der Waals surface area contributed by atoms with Gasteiger partial charge in [-0.1, -0.05) is 23.7 Å². The van der Waals surface area contributed by atoms with E-state index in [1.54, 1.807) is 12.3 Å². The molecule has 1 aromatic carbocycles. The number of hydrogen-bond acceptors (Lipinski definition) is 5. The molecule has 7 nitrogen and oxygen atoms in total. The van der Waals surface area contributed by atoms with Crippen LogP contribution in [0.2, 0.25) is 5.02 Å². The molecule has 5 rings (SSSR count). The van der Waals surface area contributed by atoms with Gasteiger partial charge in [-0.15, -0.1) is 0 Å². The third kappa shape index (κ3) is 4.83. The number of carbonyl (C=O) groups excluding carboxylic acids is 2. The number of likely N-dealkylation sites (tertiary alicyclic amines) is 1. The molecule has 1 aromatic heterocycles. The molecule has 1 saturated carbocycles. The van der Waals surface area contributed by atoms with Crippen LogP contribution in [0, 0.1) is 5.41 Å². The van der Waals surface area contributed by atoms with Gasteiger partial charge in [-0.25, -0.2) is 0 Å². The quantitative estimate of drug-likeness (QED) is 0.627. The summed E-state index contributed by atoms with van der Waals surface area (Å²) in [4.78, 5) is 34.3. The van der Waals surface area contributed by atoms with Crippen LogP contribution in [0.3, 0.4) is 0 Å². The number of nitrogens with zero attached hydrogens (tertiary/aromatic N) is 3. The Morgan fingerprint density at radius 3 is 2.61 bits per heavy atom. The highest BCUT2D eigenvalue weighted by atomic mass is 35.5. The molecule has 2 aliphatic heterocycles. The van der Waals surface area contributed by atoms with E-state index in [2.05, 4.69) is 20.1 Å². The Kier molecular flexibility index (Phi) is 7.22. The van der Waals surface area contributed by atoms with Gasteiger partial charge in [0.1, 0.15) is 5.69 Å². The van der Waals surface area contributed by atoms with Crippen molar-refractivity contribution in [2.45, 2.75) is 64.0 Å². The minimum atomic E-state index is -0.338. The standard InChI is InChI=1S/C28H35ClN4O3/c1-2-30-26(35)24-10-4-20(17-31-24)19-5-11-25(23(29)16-19)32-14-3-12-28(18-32)13-15-33(27(28)36)21-6-8-22(34)9-7-21/h4-5,10-11,16-17,21-22,34H,2-3,6-9,12-15,18H2,1H3,(H,30,35). The molecule has 0 radical (unpaired) electrons. The maximum Gasteiger partial charge on any atom is 0.269 e. The summed E-state index contributed by atoms with van der Waals surface area (Å²) in [5.41, 5.74) is 2.84. The van der Waals surface area contributed by atoms with E-state index < -0.39 is 0 Å². The van der Waals surface area contributed by atoms with E-state index in [9.17, 15) is 14.7 Å². The number of aliphatic hydroxyl groups is 1. The van der Waals surface area contributed by atoms with Crippen molar-refractivity contribution >= 4 is 29.1 Å². The van der Waals surface area contributed by atoms with Crippen molar-refractivity contribution < 1.29 is 14.7 Å². The highest BCUT2D eigenvalue weighted by Gasteiger charge is 2.50. The van der Waals surface area contributed by atoms with Gasteiger partial charge in [-0.3, -0.25) is 14.6 Å². The van der Waals surface area contributed by atoms with Crippen molar-refractivity contribution in [3.8, 4) is 11.1 Å². The third-order valence-electron chi connectivity index (χ3n) is 8.18. The highest BCUT2D eigenvalue weighted by molar-refractivity contribution is 6.33. The summed E-state index contributed by atoms with van der Waals surface area (Å²) < 4.78 is 0. The van der Waals surface area contributed by atoms with Crippen molar-refractivity contribution in [3.63, 3.8) is 0 Å². The number of anilines is 1. The number of carbonyl (C=O) groups is 2. The number of halogens is 1. The molecule has 192 valence electrons. The second-order valence-corrected chi connectivity index (χ2v) is 10.9. The average molecular weight is 511 g/mol. The Labute approximate surface area is 217 Å². The van der Waals surface area contributed by atoms with E-state index in [-0.39, 0.29) is 23.5 Å². The van der Waals surface area contributed by atoms with Crippen LogP contribution in [0.5, 0.6) is 0 Å². The summed E-state index contributed by atoms with van der Waals surface area (Å²) >= 11 is 6.79. The zero-order chi connectivity index (χ0) is 25.3. The average Bonchev–Trinajstić information content (AvgIpc) is 3.19. The molecule has 8 heteroatoms. The summed E-state index contributed by atoms with van der Waals surface area (Å²) in [6, 6.07) is 9.88. The van der Waals surface area contributed by atoms with Crippen LogP contribution < -0.4 is 10.2 Å². The fourth-order valence-corrected chi connectivity index (χ4v) is 6.47. The van der Waals surface area contributed by atoms with Crippen molar-refractivity contribution in [1.29, 1.82) is 0 Å². The number of amides is 2. The van der Waals surface area contributed by atoms with Crippen LogP contribution in [0.25, 0.3) is 11.1 Å². The molecule has 2 amide bonds. The van der Waals surface area contributed by atoms with Gasteiger partial charge in [0.2, 0.25) is 5.91 Å². The summed E-state index contributed by atoms with van der Waals surface area (Å²) in [6.45, 7) is 4.83. The SMILES string of the molecule is CCNC(=O)c1ccc(-c2ccc(N3CCCC4(CCN(C5CCC(O)CC5)C4=O)C3)c(Cl)c2)cn1. The molecule has 3 heterocycles. The molecular formula is C28H35ClN4O3. The Morgan fingerprint density at radius 2 is 1.92 bits per heavy atom. The Bertz CT molecular complexity index is 1120. The number of pyridine rings is 1. The lowest BCUT2D eigenvalue weighted by atomic mass is 9.78. The monoisotopic (exact) mass is 510 g/mol. The number of nitrogens with one attached hydrogen (secondary N) is 1. The molecule has 2 aromatic rings. The van der Waals surface area contributed by atoms with Crippen LogP contribution in [0.15, 0.2) is 36.5 Å². The first-order valence-electron chi connectivity index (χ1n) is 13.2. The van der Waals surface area contributed by atoms with Crippen LogP contribution in [-0.2, 0) is 4.79 Å². The van der Waals surface area contributed by atoms with Gasteiger partial charge < -0.3 is 20.2 Å². The fraction of sp³-hybridized carbons (Fsp3) is 0.536. The molecule has 3 aliphatic rings. The second-order valence-electron chi connectivity index (χ2n) is 10.5. The van der Waals surface area contributed by atoms with Gasteiger partial charge >= 0.3 is 0 Å². The zero-order valence-electron chi connectivity index (χ0n) is 20.9. The van der Waals surface area contributed by atoms with E-state index >= 15 is 0 Å². The van der Waals surface area contributed by atoms with Crippen LogP contribution >= 0.6 is 11.6 Å². The van der Waals surface area contributed by atoms with Gasteiger partial charge in [0.25, 0.3) is 5.91 Å². The van der Waals surface area contributed by atoms with Crippen LogP contribution in [0.4, 0.5) is 5.69 Å². The van der Waals surface area contributed by atoms with Crippen LogP contribution in [0.1, 0.15) is 62.4 Å². The maximum absolute atomic E-state index is 13.6. The molecule has 2 saturated heterocycles. The predicted molar refractivity (Wildman–Crippen MR) is 141 cm³/mol. The summed E-state index contributed by atoms with van der Waals surface area (Å²) in [7, 11) is 0. The number of benzene rings is 1. The Hall–Kier alpha value is -2.64. The van der Waals surface area contributed by atoms with Gasteiger partial charge in [0.15, 0.2) is 0 Å². The van der Waals surface area contributed by atoms with Gasteiger partial charge in [-0.2, -0.15) is 0 Å². The van der Waals surface area contributed by atoms with E-state index in [1.165, 1.54) is 0 Å². The van der Waals surface area contributed by atoms with E-state index in [1.807, 2.05) is 31.2 Å². The predicted octanol–water partition coefficient (Wildman–Crippen LogP) is 4.27. The molecule has 1 aliphatic carbocycles. The normalized spacial score (nSPS) is 26.5. The minimum Gasteiger partial charge on any atom is -0.393 e. The third-order valence-corrected chi connectivity index (χ3v) is 8.49. The fourth-order valence-electron chi connectivity index (χ4n) is 6.17. The van der Waals surface area contributed by atoms with E-state index in [0.29, 0.717) is 29.7 Å². The van der Waals surface area contributed by atoms with Gasteiger partial charge in [0.05, 0.1) is 22.2 Å². The first-order chi connectivity index (χ1) is 17.4. The maximum atomic E-state index is 13.6. The number of piperidine rings is 1. The summed E-state index contributed by atoms with van der Waals surface area (Å²) in [5.74, 6) is 0.108. The lowest BCUT2D eigenvalue weighted by Gasteiger charge is -2.41. The van der Waals surface area contributed by atoms with Crippen molar-refractivity contribution in [1.82, 2.24) is 15.2 Å². The number of aromatic nitrogens is 1. The number of aliphatic hydroxyl groups excluding tert-OH is 1. The molecule has 0 bridgehead atoms. The Balaban J connectivity index is 1.29. The largest absolute Gasteiger partial charge is 0.393 e. The van der Waals surface area contributed by atoms with Gasteiger partial charge in [0, 0.05) is 44.0 Å². The minimum absolute atomic E-state index is 0.183. The molecule has 3 fully saturated rings. The highest BCUT2D eigenvalue weighted by Crippen LogP contribution is 2.44. The van der Waals surface area contributed by atoms with E-state index in [4.69, 9.17) is 11.6 Å². The summed E-state index contributed by atoms with van der Waals surface area (Å²) in [6.07, 6.45) is 7.65. The van der Waals surface area contributed by atoms with Crippen molar-refractivity contribution in [3.05, 3.63) is 47.2 Å². The van der Waals surface area contributed by atoms with Crippen molar-refractivity contribution in [2.24, 2.45) is 5.41 Å². The molecule has 1 unspecified atom stereocenters. The number of rotatable bonds is 5. The smallest absolute Gasteiger partial charge is 0.269 e. The zero-order valence-corrected chi connectivity index (χ0v) is 21.6. The van der Waals surface area contributed by atoms with Crippen LogP contribution in [-0.4, -0.2) is 65.1 Å². The number of hydrogen-bond donors (Lipinski definition) is 2. The lowest BCUT2D eigenvalue weighted by Crippen LogP contribution is -2.50. The van der Waals surface area contributed by atoms with E-state index in [0.717, 1.165) is 74.8 Å². The second kappa shape index (κ2) is 10.4. The van der Waals surface area contributed by atoms with Crippen molar-refractivity contribution in [2.75, 3.05) is 31.1 Å².